The Labute approximate surface area is 86.3 Å². The lowest BCUT2D eigenvalue weighted by molar-refractivity contribution is -0.261. The molecule has 0 aromatic rings. The maximum atomic E-state index is 6.03. The van der Waals surface area contributed by atoms with E-state index in [2.05, 4.69) is 32.8 Å². The van der Waals surface area contributed by atoms with E-state index in [4.69, 9.17) is 9.57 Å². The topological polar surface area (TPSA) is 21.7 Å². The summed E-state index contributed by atoms with van der Waals surface area (Å²) in [5.41, 5.74) is 0.00815. The van der Waals surface area contributed by atoms with Crippen molar-refractivity contribution < 1.29 is 9.57 Å². The highest BCUT2D eigenvalue weighted by molar-refractivity contribution is 4.93. The Morgan fingerprint density at radius 1 is 1.36 bits per heavy atom. The smallest absolute Gasteiger partial charge is 0.112 e. The summed E-state index contributed by atoms with van der Waals surface area (Å²) in [4.78, 5) is 6.03. The van der Waals surface area contributed by atoms with Crippen LogP contribution in [0, 0.1) is 0 Å². The summed E-state index contributed by atoms with van der Waals surface area (Å²) in [6.45, 7) is 10.4. The molecule has 2 saturated heterocycles. The molecule has 82 valence electrons. The average Bonchev–Trinajstić information content (AvgIpc) is 2.22. The van der Waals surface area contributed by atoms with Gasteiger partial charge in [0.05, 0.1) is 6.61 Å². The van der Waals surface area contributed by atoms with Crippen LogP contribution in [0.25, 0.3) is 0 Å². The van der Waals surface area contributed by atoms with Gasteiger partial charge in [0.15, 0.2) is 0 Å². The molecule has 2 aliphatic rings. The molecule has 0 amide bonds. The van der Waals surface area contributed by atoms with Crippen molar-refractivity contribution in [2.75, 3.05) is 13.2 Å². The summed E-state index contributed by atoms with van der Waals surface area (Å²) >= 11 is 0. The van der Waals surface area contributed by atoms with E-state index in [0.29, 0.717) is 6.04 Å². The lowest BCUT2D eigenvalue weighted by Gasteiger charge is -2.37. The minimum atomic E-state index is -0.0888. The van der Waals surface area contributed by atoms with Crippen molar-refractivity contribution >= 4 is 0 Å². The predicted molar refractivity (Wildman–Crippen MR) is 54.9 cm³/mol. The average molecular weight is 199 g/mol. The van der Waals surface area contributed by atoms with E-state index in [-0.39, 0.29) is 11.1 Å². The third kappa shape index (κ3) is 1.81. The fourth-order valence-corrected chi connectivity index (χ4v) is 2.43. The molecule has 2 heterocycles. The second kappa shape index (κ2) is 3.19. The second-order valence-electron chi connectivity index (χ2n) is 5.74. The molecule has 3 heteroatoms. The van der Waals surface area contributed by atoms with E-state index in [1.807, 2.05) is 0 Å². The number of rotatable bonds is 0. The molecule has 0 saturated carbocycles. The molecule has 2 aliphatic heterocycles. The Morgan fingerprint density at radius 2 is 2.07 bits per heavy atom. The van der Waals surface area contributed by atoms with Gasteiger partial charge in [0.2, 0.25) is 0 Å². The molecule has 2 rings (SSSR count). The highest BCUT2D eigenvalue weighted by Crippen LogP contribution is 2.38. The third-order valence-corrected chi connectivity index (χ3v) is 2.98. The van der Waals surface area contributed by atoms with Crippen LogP contribution in [0.2, 0.25) is 0 Å². The molecule has 0 spiro atoms. The van der Waals surface area contributed by atoms with E-state index >= 15 is 0 Å². The van der Waals surface area contributed by atoms with E-state index in [0.717, 1.165) is 26.1 Å². The van der Waals surface area contributed by atoms with Crippen LogP contribution in [-0.2, 0) is 9.57 Å². The molecule has 3 nitrogen and oxygen atoms in total. The molecule has 0 N–H and O–H groups in total. The van der Waals surface area contributed by atoms with Gasteiger partial charge in [-0.1, -0.05) is 0 Å². The zero-order chi connectivity index (χ0) is 10.4. The number of ether oxygens (including phenoxy) is 1. The maximum absolute atomic E-state index is 6.03. The molecule has 0 aromatic heterocycles. The summed E-state index contributed by atoms with van der Waals surface area (Å²) in [7, 11) is 0. The summed E-state index contributed by atoms with van der Waals surface area (Å²) in [5, 5.41) is 2.18. The zero-order valence-corrected chi connectivity index (χ0v) is 9.67. The quantitative estimate of drug-likeness (QED) is 0.595. The number of hydrogen-bond acceptors (Lipinski definition) is 3. The number of nitrogens with zero attached hydrogens (tertiary/aromatic N) is 1. The van der Waals surface area contributed by atoms with Crippen molar-refractivity contribution in [3.8, 4) is 0 Å². The lowest BCUT2D eigenvalue weighted by Crippen LogP contribution is -2.46. The van der Waals surface area contributed by atoms with Crippen molar-refractivity contribution in [1.29, 1.82) is 0 Å². The first-order valence-corrected chi connectivity index (χ1v) is 5.47. The first-order chi connectivity index (χ1) is 6.41. The summed E-state index contributed by atoms with van der Waals surface area (Å²) < 4.78 is 5.54. The highest BCUT2D eigenvalue weighted by atomic mass is 16.7. The summed E-state index contributed by atoms with van der Waals surface area (Å²) in [5.74, 6) is 0. The van der Waals surface area contributed by atoms with E-state index in [1.54, 1.807) is 0 Å². The number of hydroxylamine groups is 2. The fourth-order valence-electron chi connectivity index (χ4n) is 2.43. The first-order valence-electron chi connectivity index (χ1n) is 5.47. The maximum Gasteiger partial charge on any atom is 0.112 e. The molecule has 2 bridgehead atoms. The van der Waals surface area contributed by atoms with Crippen LogP contribution in [0.15, 0.2) is 0 Å². The van der Waals surface area contributed by atoms with E-state index in [9.17, 15) is 0 Å². The van der Waals surface area contributed by atoms with Crippen molar-refractivity contribution in [2.45, 2.75) is 57.7 Å². The van der Waals surface area contributed by atoms with Gasteiger partial charge in [-0.05, 0) is 40.5 Å². The van der Waals surface area contributed by atoms with Gasteiger partial charge in [0.1, 0.15) is 5.60 Å². The molecule has 2 atom stereocenters. The van der Waals surface area contributed by atoms with E-state index < -0.39 is 0 Å². The van der Waals surface area contributed by atoms with Crippen LogP contribution in [-0.4, -0.2) is 35.5 Å². The Balaban J connectivity index is 2.17. The minimum Gasteiger partial charge on any atom is -0.378 e. The van der Waals surface area contributed by atoms with Gasteiger partial charge in [0, 0.05) is 18.2 Å². The van der Waals surface area contributed by atoms with E-state index in [1.165, 1.54) is 0 Å². The summed E-state index contributed by atoms with van der Waals surface area (Å²) in [6, 6.07) is 0.530. The van der Waals surface area contributed by atoms with Crippen molar-refractivity contribution in [1.82, 2.24) is 5.06 Å². The van der Waals surface area contributed by atoms with Gasteiger partial charge in [-0.25, -0.2) is 0 Å². The van der Waals surface area contributed by atoms with Crippen LogP contribution in [0.3, 0.4) is 0 Å². The molecule has 14 heavy (non-hydrogen) atoms. The number of hydrogen-bond donors (Lipinski definition) is 0. The Kier molecular flexibility index (Phi) is 2.37. The molecule has 0 radical (unpaired) electrons. The predicted octanol–water partition coefficient (Wildman–Crippen LogP) is 1.97. The highest BCUT2D eigenvalue weighted by Gasteiger charge is 2.47. The third-order valence-electron chi connectivity index (χ3n) is 2.98. The normalized spacial score (nSPS) is 39.9. The van der Waals surface area contributed by atoms with Gasteiger partial charge < -0.3 is 4.74 Å². The molecule has 2 fully saturated rings. The minimum absolute atomic E-state index is 0.0888. The van der Waals surface area contributed by atoms with Crippen LogP contribution in [0.1, 0.15) is 40.5 Å². The Morgan fingerprint density at radius 3 is 2.71 bits per heavy atom. The fraction of sp³-hybridized carbons (Fsp3) is 1.00. The molecule has 0 unspecified atom stereocenters. The molecule has 0 aromatic carbocycles. The monoisotopic (exact) mass is 199 g/mol. The molecular weight excluding hydrogens is 178 g/mol. The molecule has 0 aliphatic carbocycles. The van der Waals surface area contributed by atoms with Crippen molar-refractivity contribution in [3.63, 3.8) is 0 Å². The zero-order valence-electron chi connectivity index (χ0n) is 9.67. The lowest BCUT2D eigenvalue weighted by atomic mass is 9.97. The van der Waals surface area contributed by atoms with Crippen molar-refractivity contribution in [2.24, 2.45) is 0 Å². The van der Waals surface area contributed by atoms with Crippen LogP contribution in [0.4, 0.5) is 0 Å². The summed E-state index contributed by atoms with van der Waals surface area (Å²) in [6.07, 6.45) is 2.19. The largest absolute Gasteiger partial charge is 0.378 e. The molecular formula is C11H21NO2. The van der Waals surface area contributed by atoms with Crippen LogP contribution in [0.5, 0.6) is 0 Å². The second-order valence-corrected chi connectivity index (χ2v) is 5.74. The van der Waals surface area contributed by atoms with Gasteiger partial charge in [0.25, 0.3) is 0 Å². The first kappa shape index (κ1) is 10.4. The van der Waals surface area contributed by atoms with Crippen LogP contribution < -0.4 is 0 Å². The van der Waals surface area contributed by atoms with Gasteiger partial charge in [-0.3, -0.25) is 4.84 Å². The standard InChI is InChI=1S/C11H21NO2/c1-10(2,3)12-9-5-6-13-8-11(4,7-9)14-12/h9H,5-8H2,1-4H3/t9-,11-/m1/s1. The Hall–Kier alpha value is -0.120. The van der Waals surface area contributed by atoms with Gasteiger partial charge in [-0.15, -0.1) is 0 Å². The van der Waals surface area contributed by atoms with Crippen molar-refractivity contribution in [3.05, 3.63) is 0 Å². The van der Waals surface area contributed by atoms with Crippen LogP contribution >= 0.6 is 0 Å². The Bertz CT molecular complexity index is 224. The van der Waals surface area contributed by atoms with Gasteiger partial charge in [-0.2, -0.15) is 5.06 Å². The number of fused-ring (bicyclic) bond motifs is 2. The SMILES string of the molecule is CC(C)(C)N1O[C@@]2(C)COCC[C@@H]1C2. The van der Waals surface area contributed by atoms with Gasteiger partial charge >= 0.3 is 0 Å².